The topological polar surface area (TPSA) is 77.5 Å². The Hall–Kier alpha value is -2.49. The molecule has 2 atom stereocenters. The lowest BCUT2D eigenvalue weighted by Gasteiger charge is -2.33. The fourth-order valence-corrected chi connectivity index (χ4v) is 4.40. The number of thiol groups is 1. The van der Waals surface area contributed by atoms with Gasteiger partial charge in [-0.2, -0.15) is 12.6 Å². The maximum absolute atomic E-state index is 12.1. The third kappa shape index (κ3) is 18.6. The number of amidine groups is 1. The molecule has 1 aromatic rings. The first-order valence-corrected chi connectivity index (χ1v) is 16.9. The van der Waals surface area contributed by atoms with Gasteiger partial charge in [0, 0.05) is 46.4 Å². The van der Waals surface area contributed by atoms with Gasteiger partial charge >= 0.3 is 0 Å². The van der Waals surface area contributed by atoms with Crippen molar-refractivity contribution in [2.45, 2.75) is 105 Å². The van der Waals surface area contributed by atoms with Gasteiger partial charge in [-0.3, -0.25) is 4.99 Å². The number of halogens is 4. The molecular weight excluding hydrogens is 627 g/mol. The van der Waals surface area contributed by atoms with Crippen LogP contribution in [0.3, 0.4) is 0 Å². The molecule has 3 aliphatic rings. The molecule has 2 heterocycles. The molecule has 0 spiro atoms. The van der Waals surface area contributed by atoms with Crippen LogP contribution in [0, 0.1) is 16.6 Å². The Morgan fingerprint density at radius 3 is 2.09 bits per heavy atom. The van der Waals surface area contributed by atoms with Crippen LogP contribution in [0.1, 0.15) is 87.5 Å². The first kappa shape index (κ1) is 45.6. The van der Waals surface area contributed by atoms with Crippen LogP contribution < -0.4 is 11.1 Å². The Morgan fingerprint density at radius 1 is 1.20 bits per heavy atom. The number of alkyl halides is 2. The van der Waals surface area contributed by atoms with Crippen molar-refractivity contribution in [3.8, 4) is 0 Å². The quantitative estimate of drug-likeness (QED) is 0.125. The number of hydrogen-bond acceptors (Lipinski definition) is 6. The number of benzene rings is 1. The number of nitrogens with two attached hydrogens (primary N) is 1. The minimum Gasteiger partial charge on any atom is -0.384 e. The van der Waals surface area contributed by atoms with E-state index in [0.717, 1.165) is 37.0 Å². The molecule has 0 radical (unpaired) electrons. The van der Waals surface area contributed by atoms with E-state index in [2.05, 4.69) is 69.3 Å². The zero-order chi connectivity index (χ0) is 35.9. The summed E-state index contributed by atoms with van der Waals surface area (Å²) in [4.78, 5) is 7.10. The first-order valence-electron chi connectivity index (χ1n) is 16.0. The molecule has 4 N–H and O–H groups in total. The van der Waals surface area contributed by atoms with E-state index in [1.807, 2.05) is 26.0 Å². The smallest absolute Gasteiger partial charge is 0.235 e. The van der Waals surface area contributed by atoms with Crippen LogP contribution in [-0.4, -0.2) is 54.3 Å². The lowest BCUT2D eigenvalue weighted by Crippen LogP contribution is -2.43. The molecule has 1 aliphatic carbocycles. The molecule has 10 heteroatoms. The minimum atomic E-state index is -2.17. The number of fused-ring (bicyclic) bond motifs is 1. The Balaban J connectivity index is 0. The summed E-state index contributed by atoms with van der Waals surface area (Å²) in [5, 5.41) is 12.3. The van der Waals surface area contributed by atoms with Gasteiger partial charge in [0.1, 0.15) is 11.7 Å². The molecule has 1 fully saturated rings. The van der Waals surface area contributed by atoms with Crippen LogP contribution in [0.25, 0.3) is 0 Å². The van der Waals surface area contributed by atoms with Crippen molar-refractivity contribution >= 4 is 35.8 Å². The second-order valence-electron chi connectivity index (χ2n) is 11.0. The molecule has 1 saturated heterocycles. The summed E-state index contributed by atoms with van der Waals surface area (Å²) < 4.78 is 32.7. The monoisotopic (exact) mass is 685 g/mol. The SMILES string of the molecule is C=C(C)NC1CC2=C(C(=N)/C=C\C)CN=C(C(S)C3(C)C=C3)N2C1.CC(F)F.CCCC.CCCC.CN.Fc1cccc(Cl)c1. The molecule has 0 bridgehead atoms. The summed E-state index contributed by atoms with van der Waals surface area (Å²) in [5.74, 6) is 0.737. The third-order valence-corrected chi connectivity index (χ3v) is 7.64. The highest BCUT2D eigenvalue weighted by molar-refractivity contribution is 7.82. The van der Waals surface area contributed by atoms with E-state index in [0.29, 0.717) is 23.3 Å². The Kier molecular flexibility index (Phi) is 25.4. The number of aliphatic imine (C=N–C) groups is 1. The van der Waals surface area contributed by atoms with Crippen molar-refractivity contribution in [1.29, 1.82) is 5.41 Å². The summed E-state index contributed by atoms with van der Waals surface area (Å²) in [6.45, 7) is 21.1. The van der Waals surface area contributed by atoms with Crippen LogP contribution in [0.4, 0.5) is 13.2 Å². The van der Waals surface area contributed by atoms with Gasteiger partial charge in [-0.1, -0.05) is 103 Å². The Labute approximate surface area is 288 Å². The second kappa shape index (κ2) is 25.6. The fourth-order valence-electron chi connectivity index (χ4n) is 3.83. The van der Waals surface area contributed by atoms with E-state index in [9.17, 15) is 13.2 Å². The molecule has 2 aliphatic heterocycles. The molecule has 0 amide bonds. The van der Waals surface area contributed by atoms with Crippen molar-refractivity contribution in [1.82, 2.24) is 10.2 Å². The zero-order valence-corrected chi connectivity index (χ0v) is 31.1. The summed E-state index contributed by atoms with van der Waals surface area (Å²) in [6.07, 6.45) is 12.1. The van der Waals surface area contributed by atoms with Gasteiger partial charge in [0.2, 0.25) is 6.43 Å². The van der Waals surface area contributed by atoms with Gasteiger partial charge in [-0.05, 0) is 52.1 Å². The number of nitrogens with zero attached hydrogens (tertiary/aromatic N) is 2. The molecule has 262 valence electrons. The number of hydrogen-bond donors (Lipinski definition) is 4. The van der Waals surface area contributed by atoms with Crippen LogP contribution in [-0.2, 0) is 0 Å². The zero-order valence-electron chi connectivity index (χ0n) is 29.4. The number of rotatable bonds is 8. The van der Waals surface area contributed by atoms with E-state index in [4.69, 9.17) is 34.6 Å². The largest absolute Gasteiger partial charge is 0.384 e. The van der Waals surface area contributed by atoms with Gasteiger partial charge in [-0.15, -0.1) is 0 Å². The van der Waals surface area contributed by atoms with Crippen molar-refractivity contribution in [3.63, 3.8) is 0 Å². The predicted molar refractivity (Wildman–Crippen MR) is 199 cm³/mol. The van der Waals surface area contributed by atoms with Gasteiger partial charge in [0.25, 0.3) is 0 Å². The highest BCUT2D eigenvalue weighted by Gasteiger charge is 2.44. The minimum absolute atomic E-state index is 0.0290. The van der Waals surface area contributed by atoms with Gasteiger partial charge in [0.05, 0.1) is 17.5 Å². The van der Waals surface area contributed by atoms with E-state index >= 15 is 0 Å². The number of unbranched alkanes of at least 4 members (excludes halogenated alkanes) is 2. The molecular formula is C36H59ClF3N5S. The normalized spacial score (nSPS) is 17.2. The van der Waals surface area contributed by atoms with Crippen molar-refractivity contribution in [3.05, 3.63) is 83.0 Å². The highest BCUT2D eigenvalue weighted by atomic mass is 35.5. The standard InChI is InChI=1S/C19H26N4S.C6H4ClF.2C4H10.C2H4F2.CH5N/c1-5-6-15(20)14-10-21-18(17(24)19(4)7-8-19)23-11-13(9-16(14)23)22-12(2)3;7-5-2-1-3-6(8)4-5;2*1-3-4-2;1-2(3)4;1-2/h5-8,13,17,20,22,24H,2,9-11H2,1,3-4H3;1-4H;2*3-4H2,1-2H3;2H,1H3;2H2,1H3/b6-5-,20-15?;;;;;. The first-order chi connectivity index (χ1) is 21.7. The Morgan fingerprint density at radius 2 is 1.72 bits per heavy atom. The average Bonchev–Trinajstić information content (AvgIpc) is 3.63. The summed E-state index contributed by atoms with van der Waals surface area (Å²) in [5.41, 5.74) is 8.30. The van der Waals surface area contributed by atoms with Crippen LogP contribution in [0.5, 0.6) is 0 Å². The molecule has 0 aromatic heterocycles. The lowest BCUT2D eigenvalue weighted by molar-refractivity contribution is 0.171. The second-order valence-corrected chi connectivity index (χ2v) is 12.0. The average molecular weight is 686 g/mol. The van der Waals surface area contributed by atoms with E-state index < -0.39 is 6.43 Å². The molecule has 2 unspecified atom stereocenters. The number of nitrogens with one attached hydrogen (secondary N) is 2. The fraction of sp³-hybridized carbons (Fsp3) is 0.556. The van der Waals surface area contributed by atoms with E-state index in [1.165, 1.54) is 50.6 Å². The lowest BCUT2D eigenvalue weighted by atomic mass is 9.98. The van der Waals surface area contributed by atoms with Crippen LogP contribution >= 0.6 is 24.2 Å². The van der Waals surface area contributed by atoms with Gasteiger partial charge in [0.15, 0.2) is 0 Å². The molecule has 1 aromatic carbocycles. The van der Waals surface area contributed by atoms with Crippen molar-refractivity contribution in [2.24, 2.45) is 16.1 Å². The molecule has 4 rings (SSSR count). The van der Waals surface area contributed by atoms with E-state index in [1.54, 1.807) is 12.1 Å². The highest BCUT2D eigenvalue weighted by Crippen LogP contribution is 2.43. The molecule has 46 heavy (non-hydrogen) atoms. The van der Waals surface area contributed by atoms with Crippen molar-refractivity contribution in [2.75, 3.05) is 20.1 Å². The molecule has 5 nitrogen and oxygen atoms in total. The third-order valence-electron chi connectivity index (χ3n) is 6.61. The van der Waals surface area contributed by atoms with Gasteiger partial charge in [-0.25, -0.2) is 13.2 Å². The van der Waals surface area contributed by atoms with Crippen LogP contribution in [0.15, 0.2) is 77.1 Å². The summed E-state index contributed by atoms with van der Waals surface area (Å²) in [7, 11) is 1.50. The molecule has 0 saturated carbocycles. The van der Waals surface area contributed by atoms with Crippen LogP contribution in [0.2, 0.25) is 5.02 Å². The summed E-state index contributed by atoms with van der Waals surface area (Å²) >= 11 is 10.3. The van der Waals surface area contributed by atoms with E-state index in [-0.39, 0.29) is 16.5 Å². The number of allylic oxidation sites excluding steroid dienone is 5. The predicted octanol–water partition coefficient (Wildman–Crippen LogP) is 10.3. The maximum atomic E-state index is 12.1. The summed E-state index contributed by atoms with van der Waals surface area (Å²) in [6, 6.07) is 6.12. The van der Waals surface area contributed by atoms with Crippen molar-refractivity contribution < 1.29 is 13.2 Å². The maximum Gasteiger partial charge on any atom is 0.235 e. The Bertz CT molecular complexity index is 1120. The van der Waals surface area contributed by atoms with Gasteiger partial charge < -0.3 is 21.4 Å².